The van der Waals surface area contributed by atoms with Gasteiger partial charge in [0.05, 0.1) is 6.61 Å². The number of aliphatic hydroxyl groups excluding tert-OH is 1. The molecule has 1 aromatic heterocycles. The van der Waals surface area contributed by atoms with Gasteiger partial charge < -0.3 is 19.7 Å². The molecule has 0 saturated heterocycles. The maximum absolute atomic E-state index is 8.93. The van der Waals surface area contributed by atoms with Crippen LogP contribution in [0.3, 0.4) is 0 Å². The molecule has 0 aliphatic heterocycles. The maximum Gasteiger partial charge on any atom is 0.223 e. The molecule has 0 bridgehead atoms. The number of rotatable bonds is 7. The molecule has 0 spiro atoms. The fraction of sp³-hybridized carbons (Fsp3) is 0.429. The van der Waals surface area contributed by atoms with Gasteiger partial charge in [-0.1, -0.05) is 17.3 Å². The van der Waals surface area contributed by atoms with Gasteiger partial charge in [-0.25, -0.2) is 0 Å². The highest BCUT2D eigenvalue weighted by atomic mass is 16.5. The lowest BCUT2D eigenvalue weighted by Crippen LogP contribution is -2.28. The third-order valence-corrected chi connectivity index (χ3v) is 2.79. The summed E-state index contributed by atoms with van der Waals surface area (Å²) < 4.78 is 10.4. The van der Waals surface area contributed by atoms with E-state index in [4.69, 9.17) is 14.4 Å². The standard InChI is InChI=1S/C14H19N3O3/c1-10(8-18)15-7-12-3-5-13(6-4-12)19-9-14-16-11(2)20-17-14/h3-6,10,15,18H,7-9H2,1-2H3. The van der Waals surface area contributed by atoms with Gasteiger partial charge in [-0.05, 0) is 24.6 Å². The van der Waals surface area contributed by atoms with Gasteiger partial charge in [0.2, 0.25) is 11.7 Å². The summed E-state index contributed by atoms with van der Waals surface area (Å²) in [6, 6.07) is 7.84. The zero-order chi connectivity index (χ0) is 14.4. The van der Waals surface area contributed by atoms with Crippen LogP contribution in [-0.4, -0.2) is 27.9 Å². The molecule has 108 valence electrons. The van der Waals surface area contributed by atoms with Gasteiger partial charge in [0, 0.05) is 19.5 Å². The average molecular weight is 277 g/mol. The summed E-state index contributed by atoms with van der Waals surface area (Å²) in [5.41, 5.74) is 1.13. The Kier molecular flexibility index (Phi) is 5.09. The Morgan fingerprint density at radius 3 is 2.70 bits per heavy atom. The summed E-state index contributed by atoms with van der Waals surface area (Å²) in [4.78, 5) is 4.07. The molecule has 0 saturated carbocycles. The van der Waals surface area contributed by atoms with Crippen LogP contribution in [0.1, 0.15) is 24.2 Å². The minimum Gasteiger partial charge on any atom is -0.485 e. The van der Waals surface area contributed by atoms with Gasteiger partial charge in [0.15, 0.2) is 6.61 Å². The zero-order valence-corrected chi connectivity index (χ0v) is 11.7. The van der Waals surface area contributed by atoms with Gasteiger partial charge in [-0.2, -0.15) is 4.98 Å². The van der Waals surface area contributed by atoms with Crippen LogP contribution in [0, 0.1) is 6.92 Å². The minimum absolute atomic E-state index is 0.0902. The minimum atomic E-state index is 0.0902. The average Bonchev–Trinajstić information content (AvgIpc) is 2.89. The number of benzene rings is 1. The van der Waals surface area contributed by atoms with Crippen LogP contribution in [0.5, 0.6) is 5.75 Å². The van der Waals surface area contributed by atoms with Crippen LogP contribution in [0.15, 0.2) is 28.8 Å². The predicted molar refractivity (Wildman–Crippen MR) is 73.2 cm³/mol. The Bertz CT molecular complexity index is 525. The Hall–Kier alpha value is -1.92. The molecule has 0 fully saturated rings. The quantitative estimate of drug-likeness (QED) is 0.797. The van der Waals surface area contributed by atoms with E-state index in [1.165, 1.54) is 0 Å². The maximum atomic E-state index is 8.93. The normalized spacial score (nSPS) is 12.3. The molecule has 0 aliphatic carbocycles. The van der Waals surface area contributed by atoms with Crippen molar-refractivity contribution in [2.45, 2.75) is 33.0 Å². The third kappa shape index (κ3) is 4.32. The van der Waals surface area contributed by atoms with Crippen LogP contribution >= 0.6 is 0 Å². The molecule has 6 nitrogen and oxygen atoms in total. The van der Waals surface area contributed by atoms with Crippen molar-refractivity contribution in [3.8, 4) is 5.75 Å². The predicted octanol–water partition coefficient (Wildman–Crippen LogP) is 1.43. The summed E-state index contributed by atoms with van der Waals surface area (Å²) in [5, 5.41) is 15.9. The van der Waals surface area contributed by atoms with Crippen molar-refractivity contribution in [2.24, 2.45) is 0 Å². The first-order valence-electron chi connectivity index (χ1n) is 6.52. The highest BCUT2D eigenvalue weighted by molar-refractivity contribution is 5.27. The van der Waals surface area contributed by atoms with Crippen LogP contribution in [0.2, 0.25) is 0 Å². The number of aliphatic hydroxyl groups is 1. The number of ether oxygens (including phenoxy) is 1. The van der Waals surface area contributed by atoms with Crippen molar-refractivity contribution < 1.29 is 14.4 Å². The molecule has 0 radical (unpaired) electrons. The van der Waals surface area contributed by atoms with Gasteiger partial charge in [-0.3, -0.25) is 0 Å². The lowest BCUT2D eigenvalue weighted by molar-refractivity contribution is 0.251. The SMILES string of the molecule is Cc1nc(COc2ccc(CNC(C)CO)cc2)no1. The molecule has 0 amide bonds. The summed E-state index contributed by atoms with van der Waals surface area (Å²) in [7, 11) is 0. The van der Waals surface area contributed by atoms with Gasteiger partial charge in [-0.15, -0.1) is 0 Å². The van der Waals surface area contributed by atoms with Crippen molar-refractivity contribution in [2.75, 3.05) is 6.61 Å². The topological polar surface area (TPSA) is 80.4 Å². The van der Waals surface area contributed by atoms with Crippen LogP contribution in [0.25, 0.3) is 0 Å². The number of nitrogens with one attached hydrogen (secondary N) is 1. The molecule has 0 aliphatic rings. The fourth-order valence-electron chi connectivity index (χ4n) is 1.61. The monoisotopic (exact) mass is 277 g/mol. The van der Waals surface area contributed by atoms with Crippen molar-refractivity contribution >= 4 is 0 Å². The Morgan fingerprint density at radius 1 is 1.35 bits per heavy atom. The number of aromatic nitrogens is 2. The van der Waals surface area contributed by atoms with Crippen LogP contribution in [-0.2, 0) is 13.2 Å². The first kappa shape index (κ1) is 14.5. The second-order valence-electron chi connectivity index (χ2n) is 4.63. The number of aryl methyl sites for hydroxylation is 1. The van der Waals surface area contributed by atoms with Crippen LogP contribution in [0.4, 0.5) is 0 Å². The highest BCUT2D eigenvalue weighted by Crippen LogP contribution is 2.13. The number of hydrogen-bond acceptors (Lipinski definition) is 6. The lowest BCUT2D eigenvalue weighted by atomic mass is 10.2. The fourth-order valence-corrected chi connectivity index (χ4v) is 1.61. The Morgan fingerprint density at radius 2 is 2.10 bits per heavy atom. The van der Waals surface area contributed by atoms with Crippen LogP contribution < -0.4 is 10.1 Å². The molecule has 1 unspecified atom stereocenters. The van der Waals surface area contributed by atoms with E-state index in [9.17, 15) is 0 Å². The number of hydrogen-bond donors (Lipinski definition) is 2. The molecular weight excluding hydrogens is 258 g/mol. The van der Waals surface area contributed by atoms with E-state index in [-0.39, 0.29) is 19.3 Å². The highest BCUT2D eigenvalue weighted by Gasteiger charge is 2.03. The second kappa shape index (κ2) is 7.02. The van der Waals surface area contributed by atoms with E-state index in [1.807, 2.05) is 31.2 Å². The summed E-state index contributed by atoms with van der Waals surface area (Å²) >= 11 is 0. The molecule has 2 rings (SSSR count). The zero-order valence-electron chi connectivity index (χ0n) is 11.7. The van der Waals surface area contributed by atoms with Crippen molar-refractivity contribution in [1.29, 1.82) is 0 Å². The molecule has 2 aromatic rings. The summed E-state index contributed by atoms with van der Waals surface area (Å²) in [6.45, 7) is 4.81. The van der Waals surface area contributed by atoms with Gasteiger partial charge in [0.1, 0.15) is 5.75 Å². The Balaban J connectivity index is 1.82. The number of nitrogens with zero attached hydrogens (tertiary/aromatic N) is 2. The molecule has 1 aromatic carbocycles. The second-order valence-corrected chi connectivity index (χ2v) is 4.63. The van der Waals surface area contributed by atoms with E-state index in [0.717, 1.165) is 11.3 Å². The molecule has 1 heterocycles. The smallest absolute Gasteiger partial charge is 0.223 e. The van der Waals surface area contributed by atoms with Crippen molar-refractivity contribution in [1.82, 2.24) is 15.5 Å². The van der Waals surface area contributed by atoms with E-state index < -0.39 is 0 Å². The lowest BCUT2D eigenvalue weighted by Gasteiger charge is -2.11. The van der Waals surface area contributed by atoms with Gasteiger partial charge in [0.25, 0.3) is 0 Å². The van der Waals surface area contributed by atoms with E-state index in [2.05, 4.69) is 15.5 Å². The van der Waals surface area contributed by atoms with E-state index in [0.29, 0.717) is 18.3 Å². The summed E-state index contributed by atoms with van der Waals surface area (Å²) in [5.74, 6) is 1.82. The summed E-state index contributed by atoms with van der Waals surface area (Å²) in [6.07, 6.45) is 0. The van der Waals surface area contributed by atoms with E-state index >= 15 is 0 Å². The molecule has 20 heavy (non-hydrogen) atoms. The molecular formula is C14H19N3O3. The Labute approximate surface area is 117 Å². The van der Waals surface area contributed by atoms with Crippen molar-refractivity contribution in [3.05, 3.63) is 41.5 Å². The first-order valence-corrected chi connectivity index (χ1v) is 6.52. The van der Waals surface area contributed by atoms with Crippen molar-refractivity contribution in [3.63, 3.8) is 0 Å². The van der Waals surface area contributed by atoms with E-state index in [1.54, 1.807) is 6.92 Å². The third-order valence-electron chi connectivity index (χ3n) is 2.79. The van der Waals surface area contributed by atoms with Gasteiger partial charge >= 0.3 is 0 Å². The molecule has 1 atom stereocenters. The molecule has 2 N–H and O–H groups in total. The first-order chi connectivity index (χ1) is 9.67. The largest absolute Gasteiger partial charge is 0.485 e. The molecule has 6 heteroatoms.